The number of hydrogen-bond acceptors (Lipinski definition) is 4. The zero-order valence-corrected chi connectivity index (χ0v) is 10.9. The summed E-state index contributed by atoms with van der Waals surface area (Å²) in [5.41, 5.74) is 0. The Morgan fingerprint density at radius 1 is 1.38 bits per heavy atom. The van der Waals surface area contributed by atoms with E-state index in [1.165, 1.54) is 30.9 Å². The molecule has 1 saturated carbocycles. The fourth-order valence-electron chi connectivity index (χ4n) is 1.86. The molecule has 94 valence electrons. The lowest BCUT2D eigenvalue weighted by atomic mass is 10.3. The highest BCUT2D eigenvalue weighted by Crippen LogP contribution is 2.28. The molecule has 1 atom stereocenters. The van der Waals surface area contributed by atoms with E-state index in [1.807, 2.05) is 0 Å². The number of thioether (sulfide) groups is 1. The standard InChI is InChI=1S/C12H24N2OS/c1(6-15-9-11-2-3-11)4-13-8-12-10-16-7-5-14-12/h11-14H,1-10H2. The third-order valence-electron chi connectivity index (χ3n) is 3.08. The highest BCUT2D eigenvalue weighted by atomic mass is 32.2. The molecule has 1 aliphatic heterocycles. The molecule has 4 heteroatoms. The zero-order chi connectivity index (χ0) is 11.1. The van der Waals surface area contributed by atoms with Crippen LogP contribution < -0.4 is 10.6 Å². The van der Waals surface area contributed by atoms with Gasteiger partial charge in [0.1, 0.15) is 0 Å². The van der Waals surface area contributed by atoms with E-state index in [1.54, 1.807) is 0 Å². The Balaban J connectivity index is 1.33. The largest absolute Gasteiger partial charge is 0.381 e. The van der Waals surface area contributed by atoms with Crippen LogP contribution in [0.1, 0.15) is 19.3 Å². The summed E-state index contributed by atoms with van der Waals surface area (Å²) in [5, 5.41) is 7.03. The van der Waals surface area contributed by atoms with Gasteiger partial charge < -0.3 is 15.4 Å². The Morgan fingerprint density at radius 2 is 2.31 bits per heavy atom. The first kappa shape index (κ1) is 12.7. The molecule has 0 bridgehead atoms. The fourth-order valence-corrected chi connectivity index (χ4v) is 2.81. The average molecular weight is 244 g/mol. The molecule has 0 aromatic heterocycles. The third-order valence-corrected chi connectivity index (χ3v) is 4.21. The summed E-state index contributed by atoms with van der Waals surface area (Å²) in [4.78, 5) is 0. The van der Waals surface area contributed by atoms with Crippen molar-refractivity contribution in [2.45, 2.75) is 25.3 Å². The third kappa shape index (κ3) is 5.53. The van der Waals surface area contributed by atoms with Gasteiger partial charge in [-0.3, -0.25) is 0 Å². The highest BCUT2D eigenvalue weighted by molar-refractivity contribution is 7.99. The van der Waals surface area contributed by atoms with Crippen LogP contribution in [0.5, 0.6) is 0 Å². The SMILES string of the molecule is C(CNCC1CSCCN1)COCC1CC1. The van der Waals surface area contributed by atoms with Crippen molar-refractivity contribution in [2.24, 2.45) is 5.92 Å². The lowest BCUT2D eigenvalue weighted by Crippen LogP contribution is -2.44. The van der Waals surface area contributed by atoms with Gasteiger partial charge in [0.2, 0.25) is 0 Å². The number of rotatable bonds is 8. The van der Waals surface area contributed by atoms with Gasteiger partial charge in [-0.25, -0.2) is 0 Å². The smallest absolute Gasteiger partial charge is 0.0494 e. The maximum Gasteiger partial charge on any atom is 0.0494 e. The molecular weight excluding hydrogens is 220 g/mol. The van der Waals surface area contributed by atoms with E-state index in [-0.39, 0.29) is 0 Å². The molecular formula is C12H24N2OS. The molecule has 0 spiro atoms. The van der Waals surface area contributed by atoms with E-state index >= 15 is 0 Å². The minimum absolute atomic E-state index is 0.672. The van der Waals surface area contributed by atoms with Crippen molar-refractivity contribution in [3.63, 3.8) is 0 Å². The van der Waals surface area contributed by atoms with Crippen molar-refractivity contribution >= 4 is 11.8 Å². The molecule has 2 N–H and O–H groups in total. The van der Waals surface area contributed by atoms with Gasteiger partial charge in [-0.2, -0.15) is 11.8 Å². The Hall–Kier alpha value is 0.230. The second-order valence-electron chi connectivity index (χ2n) is 4.80. The van der Waals surface area contributed by atoms with Gasteiger partial charge in [0.05, 0.1) is 0 Å². The highest BCUT2D eigenvalue weighted by Gasteiger charge is 2.20. The molecule has 3 nitrogen and oxygen atoms in total. The molecule has 0 aromatic rings. The Labute approximate surface area is 103 Å². The second kappa shape index (κ2) is 7.54. The molecule has 1 aliphatic carbocycles. The number of ether oxygens (including phenoxy) is 1. The van der Waals surface area contributed by atoms with Crippen LogP contribution in [0.15, 0.2) is 0 Å². The van der Waals surface area contributed by atoms with Crippen molar-refractivity contribution in [1.82, 2.24) is 10.6 Å². The number of nitrogens with one attached hydrogen (secondary N) is 2. The van der Waals surface area contributed by atoms with Gasteiger partial charge in [-0.05, 0) is 31.7 Å². The summed E-state index contributed by atoms with van der Waals surface area (Å²) in [6, 6.07) is 0.672. The Bertz CT molecular complexity index is 182. The Kier molecular flexibility index (Phi) is 5.97. The lowest BCUT2D eigenvalue weighted by molar-refractivity contribution is 0.122. The molecule has 2 fully saturated rings. The molecule has 0 amide bonds. The van der Waals surface area contributed by atoms with Gasteiger partial charge in [-0.15, -0.1) is 0 Å². The van der Waals surface area contributed by atoms with E-state index in [9.17, 15) is 0 Å². The molecule has 16 heavy (non-hydrogen) atoms. The van der Waals surface area contributed by atoms with Crippen LogP contribution in [-0.4, -0.2) is 50.4 Å². The van der Waals surface area contributed by atoms with E-state index in [2.05, 4.69) is 22.4 Å². The molecule has 1 saturated heterocycles. The van der Waals surface area contributed by atoms with Crippen molar-refractivity contribution in [1.29, 1.82) is 0 Å². The molecule has 1 unspecified atom stereocenters. The number of hydrogen-bond donors (Lipinski definition) is 2. The van der Waals surface area contributed by atoms with E-state index in [0.29, 0.717) is 6.04 Å². The Morgan fingerprint density at radius 3 is 3.06 bits per heavy atom. The van der Waals surface area contributed by atoms with Gasteiger partial charge in [0, 0.05) is 43.9 Å². The molecule has 0 aromatic carbocycles. The van der Waals surface area contributed by atoms with Crippen molar-refractivity contribution < 1.29 is 4.74 Å². The lowest BCUT2D eigenvalue weighted by Gasteiger charge is -2.23. The summed E-state index contributed by atoms with van der Waals surface area (Å²) in [7, 11) is 0. The van der Waals surface area contributed by atoms with Crippen LogP contribution >= 0.6 is 11.8 Å². The van der Waals surface area contributed by atoms with Crippen LogP contribution in [-0.2, 0) is 4.74 Å². The van der Waals surface area contributed by atoms with Crippen LogP contribution in [0, 0.1) is 5.92 Å². The van der Waals surface area contributed by atoms with Crippen LogP contribution in [0.4, 0.5) is 0 Å². The minimum Gasteiger partial charge on any atom is -0.381 e. The molecule has 0 radical (unpaired) electrons. The first-order valence-electron chi connectivity index (χ1n) is 6.55. The maximum absolute atomic E-state index is 5.59. The molecule has 2 aliphatic rings. The fraction of sp³-hybridized carbons (Fsp3) is 1.00. The predicted octanol–water partition coefficient (Wildman–Crippen LogP) is 1.10. The maximum atomic E-state index is 5.59. The first-order valence-corrected chi connectivity index (χ1v) is 7.70. The summed E-state index contributed by atoms with van der Waals surface area (Å²) >= 11 is 2.06. The average Bonchev–Trinajstić information content (AvgIpc) is 3.13. The minimum atomic E-state index is 0.672. The summed E-state index contributed by atoms with van der Waals surface area (Å²) < 4.78 is 5.59. The summed E-state index contributed by atoms with van der Waals surface area (Å²) in [6.45, 7) is 5.29. The zero-order valence-electron chi connectivity index (χ0n) is 10.0. The van der Waals surface area contributed by atoms with Gasteiger partial charge in [-0.1, -0.05) is 0 Å². The van der Waals surface area contributed by atoms with Crippen molar-refractivity contribution in [3.8, 4) is 0 Å². The van der Waals surface area contributed by atoms with Crippen molar-refractivity contribution in [2.75, 3.05) is 44.4 Å². The quantitative estimate of drug-likeness (QED) is 0.627. The van der Waals surface area contributed by atoms with E-state index in [4.69, 9.17) is 4.74 Å². The van der Waals surface area contributed by atoms with Gasteiger partial charge >= 0.3 is 0 Å². The molecule has 1 heterocycles. The normalized spacial score (nSPS) is 25.9. The first-order chi connectivity index (χ1) is 7.95. The van der Waals surface area contributed by atoms with E-state index in [0.717, 1.165) is 38.6 Å². The monoisotopic (exact) mass is 244 g/mol. The second-order valence-corrected chi connectivity index (χ2v) is 5.95. The topological polar surface area (TPSA) is 33.3 Å². The predicted molar refractivity (Wildman–Crippen MR) is 70.1 cm³/mol. The van der Waals surface area contributed by atoms with Crippen molar-refractivity contribution in [3.05, 3.63) is 0 Å². The molecule has 2 rings (SSSR count). The van der Waals surface area contributed by atoms with Crippen LogP contribution in [0.25, 0.3) is 0 Å². The van der Waals surface area contributed by atoms with E-state index < -0.39 is 0 Å². The van der Waals surface area contributed by atoms with Crippen LogP contribution in [0.3, 0.4) is 0 Å². The van der Waals surface area contributed by atoms with Crippen LogP contribution in [0.2, 0.25) is 0 Å². The van der Waals surface area contributed by atoms with Gasteiger partial charge in [0.25, 0.3) is 0 Å². The summed E-state index contributed by atoms with van der Waals surface area (Å²) in [5.74, 6) is 3.42. The van der Waals surface area contributed by atoms with Gasteiger partial charge in [0.15, 0.2) is 0 Å². The summed E-state index contributed by atoms with van der Waals surface area (Å²) in [6.07, 6.45) is 3.93.